The lowest BCUT2D eigenvalue weighted by Crippen LogP contribution is -2.47. The molecule has 3 N–H and O–H groups in total. The summed E-state index contributed by atoms with van der Waals surface area (Å²) in [6, 6.07) is 15.0. The summed E-state index contributed by atoms with van der Waals surface area (Å²) in [5, 5.41) is 22.5. The van der Waals surface area contributed by atoms with E-state index < -0.39 is 0 Å². The van der Waals surface area contributed by atoms with Crippen molar-refractivity contribution in [2.45, 2.75) is 32.8 Å². The molecule has 1 saturated heterocycles. The molecule has 3 heterocycles. The highest BCUT2D eigenvalue weighted by Crippen LogP contribution is 2.28. The SMILES string of the molecule is CN/C=C(\C=C(/C=O)Nc1ccc(N2CCN(CCOC)CC2)cn1)c1cccc(-n2ncc3cc(C(C)(C)C)ccc3c2=O)c1CO. The smallest absolute Gasteiger partial charge is 0.279 e. The van der Waals surface area contributed by atoms with E-state index in [9.17, 15) is 14.7 Å². The first-order valence-corrected chi connectivity index (χ1v) is 16.2. The first kappa shape index (κ1) is 34.5. The second-order valence-electron chi connectivity index (χ2n) is 12.8. The molecular formula is C37H45N7O4. The second-order valence-corrected chi connectivity index (χ2v) is 12.8. The van der Waals surface area contributed by atoms with Gasteiger partial charge in [-0.05, 0) is 58.5 Å². The number of nitrogens with one attached hydrogen (secondary N) is 2. The predicted molar refractivity (Wildman–Crippen MR) is 192 cm³/mol. The van der Waals surface area contributed by atoms with Gasteiger partial charge in [0.2, 0.25) is 0 Å². The number of nitrogens with zero attached hydrogens (tertiary/aromatic N) is 5. The van der Waals surface area contributed by atoms with Crippen LogP contribution in [0.1, 0.15) is 37.5 Å². The molecule has 2 aromatic carbocycles. The third kappa shape index (κ3) is 7.82. The summed E-state index contributed by atoms with van der Waals surface area (Å²) in [6.07, 6.45) is 7.63. The highest BCUT2D eigenvalue weighted by molar-refractivity contribution is 5.87. The molecule has 0 bridgehead atoms. The molecule has 4 aromatic rings. The molecule has 11 nitrogen and oxygen atoms in total. The Labute approximate surface area is 281 Å². The van der Waals surface area contributed by atoms with Gasteiger partial charge in [0, 0.05) is 64.0 Å². The van der Waals surface area contributed by atoms with Gasteiger partial charge in [0.15, 0.2) is 6.29 Å². The van der Waals surface area contributed by atoms with E-state index >= 15 is 0 Å². The zero-order valence-electron chi connectivity index (χ0n) is 28.4. The van der Waals surface area contributed by atoms with Gasteiger partial charge in [-0.25, -0.2) is 4.98 Å². The number of aromatic nitrogens is 3. The van der Waals surface area contributed by atoms with E-state index in [2.05, 4.69) is 51.3 Å². The number of piperazine rings is 1. The van der Waals surface area contributed by atoms with Crippen LogP contribution in [0.3, 0.4) is 0 Å². The van der Waals surface area contributed by atoms with Crippen molar-refractivity contribution in [3.05, 3.63) is 106 Å². The number of ether oxygens (including phenoxy) is 1. The monoisotopic (exact) mass is 651 g/mol. The Hall–Kier alpha value is -4.84. The van der Waals surface area contributed by atoms with Crippen molar-refractivity contribution in [1.29, 1.82) is 0 Å². The molecule has 0 radical (unpaired) electrons. The number of anilines is 2. The molecule has 0 spiro atoms. The first-order valence-electron chi connectivity index (χ1n) is 16.2. The number of fused-ring (bicyclic) bond motifs is 1. The van der Waals surface area contributed by atoms with Gasteiger partial charge >= 0.3 is 0 Å². The quantitative estimate of drug-likeness (QED) is 0.117. The zero-order chi connectivity index (χ0) is 34.3. The molecular weight excluding hydrogens is 606 g/mol. The van der Waals surface area contributed by atoms with Crippen LogP contribution in [0.4, 0.5) is 11.5 Å². The summed E-state index contributed by atoms with van der Waals surface area (Å²) in [5.74, 6) is 0.525. The summed E-state index contributed by atoms with van der Waals surface area (Å²) >= 11 is 0. The summed E-state index contributed by atoms with van der Waals surface area (Å²) in [6.45, 7) is 11.4. The number of aliphatic hydroxyl groups excluding tert-OH is 1. The number of hydrogen-bond donors (Lipinski definition) is 3. The molecule has 0 saturated carbocycles. The molecule has 0 unspecified atom stereocenters. The van der Waals surface area contributed by atoms with Gasteiger partial charge in [0.05, 0.1) is 48.1 Å². The van der Waals surface area contributed by atoms with Crippen molar-refractivity contribution in [1.82, 2.24) is 25.0 Å². The Balaban J connectivity index is 1.40. The first-order chi connectivity index (χ1) is 23.2. The molecule has 2 aromatic heterocycles. The molecule has 0 amide bonds. The van der Waals surface area contributed by atoms with Crippen LogP contribution in [-0.2, 0) is 21.6 Å². The number of methoxy groups -OCH3 is 1. The van der Waals surface area contributed by atoms with Crippen molar-refractivity contribution in [3.8, 4) is 5.69 Å². The van der Waals surface area contributed by atoms with E-state index in [1.807, 2.05) is 42.6 Å². The molecule has 1 fully saturated rings. The van der Waals surface area contributed by atoms with E-state index in [1.165, 1.54) is 4.68 Å². The standard InChI is InChI=1S/C37H45N7O4/c1-37(2,3)28-9-11-32-26(19-28)22-40-44(36(32)47)34-8-6-7-31(33(34)25-46)27(21-38-4)20-29(24-45)41-35-12-10-30(23-39-35)43-15-13-42(14-16-43)17-18-48-5/h6-12,19-24,38,46H,13-18,25H2,1-5H3,(H,39,41)/b27-21+,29-20+. The van der Waals surface area contributed by atoms with E-state index in [0.29, 0.717) is 33.6 Å². The minimum Gasteiger partial charge on any atom is -0.393 e. The number of aldehydes is 1. The highest BCUT2D eigenvalue weighted by Gasteiger charge is 2.19. The van der Waals surface area contributed by atoms with Crippen LogP contribution < -0.4 is 21.1 Å². The molecule has 1 aliphatic heterocycles. The van der Waals surface area contributed by atoms with E-state index in [0.717, 1.165) is 62.3 Å². The Kier molecular flexibility index (Phi) is 11.0. The van der Waals surface area contributed by atoms with Gasteiger partial charge in [-0.15, -0.1) is 0 Å². The highest BCUT2D eigenvalue weighted by atomic mass is 16.5. The van der Waals surface area contributed by atoms with Crippen LogP contribution >= 0.6 is 0 Å². The molecule has 5 rings (SSSR count). The van der Waals surface area contributed by atoms with Gasteiger partial charge in [-0.1, -0.05) is 39.0 Å². The topological polar surface area (TPSA) is 125 Å². The summed E-state index contributed by atoms with van der Waals surface area (Å²) in [7, 11) is 3.48. The number of rotatable bonds is 12. The number of benzene rings is 2. The minimum absolute atomic E-state index is 0.0693. The van der Waals surface area contributed by atoms with Crippen molar-refractivity contribution >= 4 is 34.1 Å². The summed E-state index contributed by atoms with van der Waals surface area (Å²) in [5.41, 5.74) is 4.25. The molecule has 11 heteroatoms. The number of allylic oxidation sites excluding steroid dienone is 3. The van der Waals surface area contributed by atoms with Crippen LogP contribution in [0.5, 0.6) is 0 Å². The van der Waals surface area contributed by atoms with E-state index in [-0.39, 0.29) is 23.3 Å². The van der Waals surface area contributed by atoms with Crippen LogP contribution in [0.15, 0.2) is 83.7 Å². The summed E-state index contributed by atoms with van der Waals surface area (Å²) < 4.78 is 6.52. The average molecular weight is 652 g/mol. The second kappa shape index (κ2) is 15.4. The lowest BCUT2D eigenvalue weighted by Gasteiger charge is -2.35. The van der Waals surface area contributed by atoms with Gasteiger partial charge in [-0.3, -0.25) is 14.5 Å². The Morgan fingerprint density at radius 1 is 1.06 bits per heavy atom. The fourth-order valence-corrected chi connectivity index (χ4v) is 5.86. The summed E-state index contributed by atoms with van der Waals surface area (Å²) in [4.78, 5) is 35.2. The van der Waals surface area contributed by atoms with Crippen LogP contribution in [0.25, 0.3) is 22.0 Å². The third-order valence-corrected chi connectivity index (χ3v) is 8.61. The zero-order valence-corrected chi connectivity index (χ0v) is 28.4. The van der Waals surface area contributed by atoms with Crippen molar-refractivity contribution in [2.75, 3.05) is 63.7 Å². The van der Waals surface area contributed by atoms with E-state index in [1.54, 1.807) is 44.8 Å². The molecule has 0 aliphatic carbocycles. The maximum absolute atomic E-state index is 13.7. The number of pyridine rings is 1. The largest absolute Gasteiger partial charge is 0.393 e. The van der Waals surface area contributed by atoms with Gasteiger partial charge in [0.1, 0.15) is 5.82 Å². The molecule has 48 heavy (non-hydrogen) atoms. The fraction of sp³-hybridized carbons (Fsp3) is 0.351. The van der Waals surface area contributed by atoms with E-state index in [4.69, 9.17) is 4.74 Å². The molecule has 1 aliphatic rings. The van der Waals surface area contributed by atoms with Crippen molar-refractivity contribution < 1.29 is 14.6 Å². The van der Waals surface area contributed by atoms with Crippen molar-refractivity contribution in [2.24, 2.45) is 0 Å². The van der Waals surface area contributed by atoms with Gasteiger partial charge < -0.3 is 25.4 Å². The number of aliphatic hydroxyl groups is 1. The molecule has 0 atom stereocenters. The van der Waals surface area contributed by atoms with Crippen LogP contribution in [0, 0.1) is 0 Å². The fourth-order valence-electron chi connectivity index (χ4n) is 5.86. The molecule has 252 valence electrons. The predicted octanol–water partition coefficient (Wildman–Crippen LogP) is 4.09. The Bertz CT molecular complexity index is 1850. The normalized spacial score (nSPS) is 14.8. The van der Waals surface area contributed by atoms with Gasteiger partial charge in [0.25, 0.3) is 5.56 Å². The lowest BCUT2D eigenvalue weighted by molar-refractivity contribution is -0.104. The Morgan fingerprint density at radius 3 is 2.50 bits per heavy atom. The number of hydrogen-bond acceptors (Lipinski definition) is 10. The van der Waals surface area contributed by atoms with Crippen molar-refractivity contribution in [3.63, 3.8) is 0 Å². The minimum atomic E-state index is -0.358. The maximum Gasteiger partial charge on any atom is 0.279 e. The average Bonchev–Trinajstić information content (AvgIpc) is 3.10. The number of carbonyl (C=O) groups excluding carboxylic acids is 1. The lowest BCUT2D eigenvalue weighted by atomic mass is 9.86. The van der Waals surface area contributed by atoms with Gasteiger partial charge in [-0.2, -0.15) is 9.78 Å². The maximum atomic E-state index is 13.7. The number of carbonyl (C=O) groups is 1. The third-order valence-electron chi connectivity index (χ3n) is 8.61. The Morgan fingerprint density at radius 2 is 1.85 bits per heavy atom. The van der Waals surface area contributed by atoms with Crippen LogP contribution in [0.2, 0.25) is 0 Å². The van der Waals surface area contributed by atoms with Crippen LogP contribution in [-0.4, -0.2) is 84.5 Å².